The molecule has 0 aliphatic heterocycles. The molecule has 2 aromatic rings. The number of aliphatic hydroxyl groups is 1. The SMILES string of the molecule is CC(O)(CNC(=O)C=Cc1ccc(C(N)=O)cc1)c1ccco1. The van der Waals surface area contributed by atoms with E-state index in [0.717, 1.165) is 5.56 Å². The van der Waals surface area contributed by atoms with E-state index in [-0.39, 0.29) is 12.5 Å². The molecule has 0 aliphatic carbocycles. The average Bonchev–Trinajstić information content (AvgIpc) is 3.06. The molecule has 0 aliphatic rings. The Morgan fingerprint density at radius 1 is 1.30 bits per heavy atom. The number of nitrogens with two attached hydrogens (primary N) is 1. The second kappa shape index (κ2) is 6.93. The number of primary amides is 1. The molecule has 1 heterocycles. The molecule has 4 N–H and O–H groups in total. The highest BCUT2D eigenvalue weighted by atomic mass is 16.4. The summed E-state index contributed by atoms with van der Waals surface area (Å²) in [5.74, 6) is -0.474. The quantitative estimate of drug-likeness (QED) is 0.701. The van der Waals surface area contributed by atoms with Crippen LogP contribution in [0.4, 0.5) is 0 Å². The number of carbonyl (C=O) groups excluding carboxylic acids is 2. The van der Waals surface area contributed by atoms with E-state index in [1.54, 1.807) is 49.4 Å². The summed E-state index contributed by atoms with van der Waals surface area (Å²) < 4.78 is 5.13. The predicted octanol–water partition coefficient (Wildman–Crippen LogP) is 1.42. The summed E-state index contributed by atoms with van der Waals surface area (Å²) >= 11 is 0. The highest BCUT2D eigenvalue weighted by Gasteiger charge is 2.26. The monoisotopic (exact) mass is 314 g/mol. The number of benzene rings is 1. The van der Waals surface area contributed by atoms with Gasteiger partial charge in [0, 0.05) is 11.6 Å². The molecule has 0 bridgehead atoms. The van der Waals surface area contributed by atoms with Crippen molar-refractivity contribution >= 4 is 17.9 Å². The van der Waals surface area contributed by atoms with E-state index in [2.05, 4.69) is 5.32 Å². The van der Waals surface area contributed by atoms with Crippen LogP contribution >= 0.6 is 0 Å². The Balaban J connectivity index is 1.90. The van der Waals surface area contributed by atoms with Crippen LogP contribution in [0.25, 0.3) is 6.08 Å². The summed E-state index contributed by atoms with van der Waals surface area (Å²) in [6.45, 7) is 1.57. The van der Waals surface area contributed by atoms with Crippen LogP contribution in [0.15, 0.2) is 53.2 Å². The lowest BCUT2D eigenvalue weighted by Gasteiger charge is -2.20. The molecular formula is C17H18N2O4. The van der Waals surface area contributed by atoms with E-state index in [1.165, 1.54) is 12.3 Å². The van der Waals surface area contributed by atoms with Gasteiger partial charge in [-0.1, -0.05) is 12.1 Å². The maximum atomic E-state index is 11.8. The Bertz CT molecular complexity index is 701. The smallest absolute Gasteiger partial charge is 0.248 e. The molecule has 6 heteroatoms. The number of hydrogen-bond donors (Lipinski definition) is 3. The summed E-state index contributed by atoms with van der Waals surface area (Å²) in [7, 11) is 0. The first-order valence-corrected chi connectivity index (χ1v) is 7.00. The molecule has 6 nitrogen and oxygen atoms in total. The fraction of sp³-hybridized carbons (Fsp3) is 0.176. The van der Waals surface area contributed by atoms with Gasteiger partial charge in [0.15, 0.2) is 0 Å². The van der Waals surface area contributed by atoms with Crippen molar-refractivity contribution in [2.24, 2.45) is 5.73 Å². The summed E-state index contributed by atoms with van der Waals surface area (Å²) in [6, 6.07) is 9.85. The molecular weight excluding hydrogens is 296 g/mol. The molecule has 120 valence electrons. The Morgan fingerprint density at radius 2 is 2.00 bits per heavy atom. The van der Waals surface area contributed by atoms with Crippen molar-refractivity contribution in [3.05, 3.63) is 65.6 Å². The fourth-order valence-electron chi connectivity index (χ4n) is 1.92. The number of rotatable bonds is 6. The van der Waals surface area contributed by atoms with Crippen LogP contribution in [-0.4, -0.2) is 23.5 Å². The van der Waals surface area contributed by atoms with Gasteiger partial charge in [-0.25, -0.2) is 0 Å². The predicted molar refractivity (Wildman–Crippen MR) is 85.3 cm³/mol. The summed E-state index contributed by atoms with van der Waals surface area (Å²) in [5.41, 5.74) is 5.03. The highest BCUT2D eigenvalue weighted by molar-refractivity contribution is 5.94. The van der Waals surface area contributed by atoms with Gasteiger partial charge in [0.25, 0.3) is 0 Å². The Hall–Kier alpha value is -2.86. The zero-order chi connectivity index (χ0) is 16.9. The van der Waals surface area contributed by atoms with Crippen LogP contribution in [-0.2, 0) is 10.4 Å². The molecule has 0 saturated carbocycles. The molecule has 0 radical (unpaired) electrons. The van der Waals surface area contributed by atoms with Crippen molar-refractivity contribution in [2.75, 3.05) is 6.54 Å². The van der Waals surface area contributed by atoms with E-state index in [4.69, 9.17) is 10.2 Å². The highest BCUT2D eigenvalue weighted by Crippen LogP contribution is 2.19. The van der Waals surface area contributed by atoms with Gasteiger partial charge in [-0.2, -0.15) is 0 Å². The molecule has 1 unspecified atom stereocenters. The van der Waals surface area contributed by atoms with Crippen LogP contribution in [0.2, 0.25) is 0 Å². The van der Waals surface area contributed by atoms with Crippen LogP contribution in [0, 0.1) is 0 Å². The summed E-state index contributed by atoms with van der Waals surface area (Å²) in [4.78, 5) is 22.8. The Labute approximate surface area is 133 Å². The summed E-state index contributed by atoms with van der Waals surface area (Å²) in [6.07, 6.45) is 4.40. The van der Waals surface area contributed by atoms with Crippen LogP contribution in [0.5, 0.6) is 0 Å². The van der Waals surface area contributed by atoms with Crippen molar-refractivity contribution in [3.8, 4) is 0 Å². The third kappa shape index (κ3) is 4.55. The Kier molecular flexibility index (Phi) is 4.98. The standard InChI is InChI=1S/C17H18N2O4/c1-17(22,14-3-2-10-23-14)11-19-15(20)9-6-12-4-7-13(8-5-12)16(18)21/h2-10,22H,11H2,1H3,(H2,18,21)(H,19,20). The lowest BCUT2D eigenvalue weighted by Crippen LogP contribution is -2.37. The zero-order valence-corrected chi connectivity index (χ0v) is 12.7. The molecule has 0 fully saturated rings. The van der Waals surface area contributed by atoms with E-state index in [1.807, 2.05) is 0 Å². The minimum absolute atomic E-state index is 0.0182. The molecule has 23 heavy (non-hydrogen) atoms. The van der Waals surface area contributed by atoms with Crippen LogP contribution in [0.1, 0.15) is 28.6 Å². The number of hydrogen-bond acceptors (Lipinski definition) is 4. The molecule has 2 rings (SSSR count). The Morgan fingerprint density at radius 3 is 2.57 bits per heavy atom. The zero-order valence-electron chi connectivity index (χ0n) is 12.7. The van der Waals surface area contributed by atoms with Crippen molar-refractivity contribution < 1.29 is 19.1 Å². The van der Waals surface area contributed by atoms with Gasteiger partial charge >= 0.3 is 0 Å². The van der Waals surface area contributed by atoms with Gasteiger partial charge < -0.3 is 20.6 Å². The second-order valence-corrected chi connectivity index (χ2v) is 5.29. The number of furan rings is 1. The molecule has 1 aromatic heterocycles. The first kappa shape index (κ1) is 16.5. The first-order chi connectivity index (χ1) is 10.9. The maximum absolute atomic E-state index is 11.8. The van der Waals surface area contributed by atoms with Gasteiger partial charge in [0.2, 0.25) is 11.8 Å². The minimum atomic E-state index is -1.28. The third-order valence-electron chi connectivity index (χ3n) is 3.28. The molecule has 0 saturated heterocycles. The lowest BCUT2D eigenvalue weighted by atomic mass is 10.0. The van der Waals surface area contributed by atoms with Crippen molar-refractivity contribution in [2.45, 2.75) is 12.5 Å². The number of nitrogens with one attached hydrogen (secondary N) is 1. The van der Waals surface area contributed by atoms with Crippen LogP contribution < -0.4 is 11.1 Å². The molecule has 1 aromatic carbocycles. The van der Waals surface area contributed by atoms with Gasteiger partial charge in [0.1, 0.15) is 11.4 Å². The third-order valence-corrected chi connectivity index (χ3v) is 3.28. The van der Waals surface area contributed by atoms with E-state index in [0.29, 0.717) is 11.3 Å². The van der Waals surface area contributed by atoms with Crippen molar-refractivity contribution in [3.63, 3.8) is 0 Å². The van der Waals surface area contributed by atoms with E-state index >= 15 is 0 Å². The maximum Gasteiger partial charge on any atom is 0.248 e. The van der Waals surface area contributed by atoms with Gasteiger partial charge in [-0.05, 0) is 42.8 Å². The van der Waals surface area contributed by atoms with Crippen molar-refractivity contribution in [1.82, 2.24) is 5.32 Å². The lowest BCUT2D eigenvalue weighted by molar-refractivity contribution is -0.117. The average molecular weight is 314 g/mol. The number of carbonyl (C=O) groups is 2. The first-order valence-electron chi connectivity index (χ1n) is 7.00. The van der Waals surface area contributed by atoms with Gasteiger partial charge in [0.05, 0.1) is 12.8 Å². The van der Waals surface area contributed by atoms with Crippen molar-refractivity contribution in [1.29, 1.82) is 0 Å². The topological polar surface area (TPSA) is 106 Å². The largest absolute Gasteiger partial charge is 0.466 e. The number of amides is 2. The van der Waals surface area contributed by atoms with E-state index < -0.39 is 11.5 Å². The summed E-state index contributed by atoms with van der Waals surface area (Å²) in [5, 5.41) is 12.8. The van der Waals surface area contributed by atoms with E-state index in [9.17, 15) is 14.7 Å². The van der Waals surface area contributed by atoms with Crippen LogP contribution in [0.3, 0.4) is 0 Å². The second-order valence-electron chi connectivity index (χ2n) is 5.29. The van der Waals surface area contributed by atoms with Gasteiger partial charge in [-0.3, -0.25) is 9.59 Å². The molecule has 2 amide bonds. The molecule has 0 spiro atoms. The minimum Gasteiger partial charge on any atom is -0.466 e. The molecule has 1 atom stereocenters. The fourth-order valence-corrected chi connectivity index (χ4v) is 1.92. The van der Waals surface area contributed by atoms with Gasteiger partial charge in [-0.15, -0.1) is 0 Å². The normalized spacial score (nSPS) is 13.7.